The van der Waals surface area contributed by atoms with Gasteiger partial charge in [0.05, 0.1) is 6.54 Å². The van der Waals surface area contributed by atoms with Crippen LogP contribution in [-0.4, -0.2) is 33.4 Å². The van der Waals surface area contributed by atoms with E-state index >= 15 is 0 Å². The number of hydrogen-bond donors (Lipinski definition) is 1. The van der Waals surface area contributed by atoms with E-state index in [1.54, 1.807) is 0 Å². The molecule has 5 nitrogen and oxygen atoms in total. The fourth-order valence-electron chi connectivity index (χ4n) is 3.20. The summed E-state index contributed by atoms with van der Waals surface area (Å²) in [4.78, 5) is 2.36. The van der Waals surface area contributed by atoms with Crippen molar-refractivity contribution in [2.24, 2.45) is 0 Å². The van der Waals surface area contributed by atoms with Gasteiger partial charge in [-0.1, -0.05) is 31.2 Å². The molecule has 1 atom stereocenters. The Kier molecular flexibility index (Phi) is 4.85. The lowest BCUT2D eigenvalue weighted by Crippen LogP contribution is -2.29. The molecular weight excluding hydrogens is 278 g/mol. The molecule has 0 radical (unpaired) electrons. The highest BCUT2D eigenvalue weighted by molar-refractivity contribution is 5.34. The van der Waals surface area contributed by atoms with E-state index in [9.17, 15) is 5.11 Å². The number of hydrogen-bond acceptors (Lipinski definition) is 5. The van der Waals surface area contributed by atoms with Crippen molar-refractivity contribution in [1.82, 2.24) is 15.1 Å². The number of fused-ring (bicyclic) bond motifs is 1. The average Bonchev–Trinajstić information content (AvgIpc) is 3.18. The molecule has 118 valence electrons. The maximum absolute atomic E-state index is 9.18. The number of rotatable bonds is 7. The minimum atomic E-state index is 0.203. The quantitative estimate of drug-likeness (QED) is 0.851. The molecule has 0 fully saturated rings. The van der Waals surface area contributed by atoms with Crippen molar-refractivity contribution >= 4 is 0 Å². The van der Waals surface area contributed by atoms with Crippen LogP contribution in [0.1, 0.15) is 48.7 Å². The number of aliphatic hydroxyl groups is 1. The number of aliphatic hydroxyl groups excluding tert-OH is 1. The second-order valence-electron chi connectivity index (χ2n) is 5.74. The smallest absolute Gasteiger partial charge is 0.230 e. The number of benzene rings is 1. The van der Waals surface area contributed by atoms with E-state index in [2.05, 4.69) is 39.4 Å². The van der Waals surface area contributed by atoms with Crippen LogP contribution >= 0.6 is 0 Å². The normalized spacial score (nSPS) is 17.1. The van der Waals surface area contributed by atoms with Gasteiger partial charge in [-0.05, 0) is 30.4 Å². The Morgan fingerprint density at radius 1 is 1.27 bits per heavy atom. The van der Waals surface area contributed by atoms with Crippen LogP contribution in [0.25, 0.3) is 0 Å². The summed E-state index contributed by atoms with van der Waals surface area (Å²) in [6.07, 6.45) is 3.74. The van der Waals surface area contributed by atoms with Crippen molar-refractivity contribution in [3.63, 3.8) is 0 Å². The Balaban J connectivity index is 1.78. The van der Waals surface area contributed by atoms with Crippen molar-refractivity contribution < 1.29 is 9.52 Å². The summed E-state index contributed by atoms with van der Waals surface area (Å²) < 4.78 is 5.66. The van der Waals surface area contributed by atoms with Crippen molar-refractivity contribution in [1.29, 1.82) is 0 Å². The molecule has 22 heavy (non-hydrogen) atoms. The second kappa shape index (κ2) is 7.03. The second-order valence-corrected chi connectivity index (χ2v) is 5.74. The third-order valence-electron chi connectivity index (χ3n) is 4.29. The van der Waals surface area contributed by atoms with Gasteiger partial charge in [0.15, 0.2) is 0 Å². The van der Waals surface area contributed by atoms with Crippen LogP contribution in [0.15, 0.2) is 28.7 Å². The maximum atomic E-state index is 9.18. The molecule has 1 heterocycles. The van der Waals surface area contributed by atoms with Gasteiger partial charge in [-0.25, -0.2) is 0 Å². The van der Waals surface area contributed by atoms with Gasteiger partial charge in [-0.15, -0.1) is 10.2 Å². The van der Waals surface area contributed by atoms with Gasteiger partial charge in [0.1, 0.15) is 0 Å². The number of nitrogens with zero attached hydrogens (tertiary/aromatic N) is 3. The molecule has 1 unspecified atom stereocenters. The van der Waals surface area contributed by atoms with Crippen LogP contribution in [0.5, 0.6) is 0 Å². The van der Waals surface area contributed by atoms with Gasteiger partial charge in [0, 0.05) is 25.6 Å². The molecule has 1 aromatic heterocycles. The number of aryl methyl sites for hydroxylation is 2. The van der Waals surface area contributed by atoms with Crippen molar-refractivity contribution in [3.8, 4) is 0 Å². The largest absolute Gasteiger partial charge is 0.424 e. The van der Waals surface area contributed by atoms with Gasteiger partial charge in [-0.2, -0.15) is 0 Å². The van der Waals surface area contributed by atoms with E-state index in [4.69, 9.17) is 4.42 Å². The highest BCUT2D eigenvalue weighted by Gasteiger charge is 2.28. The monoisotopic (exact) mass is 301 g/mol. The van der Waals surface area contributed by atoms with Crippen LogP contribution in [0.3, 0.4) is 0 Å². The zero-order chi connectivity index (χ0) is 15.4. The van der Waals surface area contributed by atoms with Crippen LogP contribution < -0.4 is 0 Å². The van der Waals surface area contributed by atoms with Gasteiger partial charge in [0.2, 0.25) is 11.8 Å². The van der Waals surface area contributed by atoms with E-state index in [1.165, 1.54) is 11.1 Å². The molecule has 0 bridgehead atoms. The van der Waals surface area contributed by atoms with Crippen molar-refractivity contribution in [3.05, 3.63) is 47.2 Å². The SMILES string of the molecule is CCc1nnc(CN(CCCO)C2CCc3ccccc32)o1. The maximum Gasteiger partial charge on any atom is 0.230 e. The summed E-state index contributed by atoms with van der Waals surface area (Å²) in [5.41, 5.74) is 2.83. The zero-order valence-corrected chi connectivity index (χ0v) is 13.0. The zero-order valence-electron chi connectivity index (χ0n) is 13.0. The van der Waals surface area contributed by atoms with Crippen molar-refractivity contribution in [2.45, 2.75) is 45.2 Å². The topological polar surface area (TPSA) is 62.4 Å². The molecule has 0 spiro atoms. The molecule has 0 saturated heterocycles. The molecule has 2 aromatic rings. The molecule has 0 saturated carbocycles. The third kappa shape index (κ3) is 3.20. The minimum Gasteiger partial charge on any atom is -0.424 e. The van der Waals surface area contributed by atoms with E-state index in [0.717, 1.165) is 32.2 Å². The average molecular weight is 301 g/mol. The molecule has 1 N–H and O–H groups in total. The predicted octanol–water partition coefficient (Wildman–Crippen LogP) is 2.50. The Bertz CT molecular complexity index is 611. The lowest BCUT2D eigenvalue weighted by atomic mass is 10.1. The lowest BCUT2D eigenvalue weighted by molar-refractivity contribution is 0.151. The predicted molar refractivity (Wildman–Crippen MR) is 83.3 cm³/mol. The fourth-order valence-corrected chi connectivity index (χ4v) is 3.20. The highest BCUT2D eigenvalue weighted by Crippen LogP contribution is 2.36. The first-order valence-corrected chi connectivity index (χ1v) is 8.05. The lowest BCUT2D eigenvalue weighted by Gasteiger charge is -2.28. The Hall–Kier alpha value is -1.72. The van der Waals surface area contributed by atoms with Gasteiger partial charge >= 0.3 is 0 Å². The van der Waals surface area contributed by atoms with Crippen molar-refractivity contribution in [2.75, 3.05) is 13.2 Å². The molecule has 0 aliphatic heterocycles. The standard InChI is InChI=1S/C17H23N3O2/c1-2-16-18-19-17(22-16)12-20(10-5-11-21)15-9-8-13-6-3-4-7-14(13)15/h3-4,6-7,15,21H,2,5,8-12H2,1H3. The number of aromatic nitrogens is 2. The Morgan fingerprint density at radius 3 is 2.86 bits per heavy atom. The molecule has 1 aromatic carbocycles. The summed E-state index contributed by atoms with van der Waals surface area (Å²) >= 11 is 0. The summed E-state index contributed by atoms with van der Waals surface area (Å²) in [5.74, 6) is 1.35. The molecule has 3 rings (SSSR count). The highest BCUT2D eigenvalue weighted by atomic mass is 16.4. The fraction of sp³-hybridized carbons (Fsp3) is 0.529. The summed E-state index contributed by atoms with van der Waals surface area (Å²) in [6, 6.07) is 9.00. The van der Waals surface area contributed by atoms with E-state index in [-0.39, 0.29) is 6.61 Å². The molecular formula is C17H23N3O2. The summed E-state index contributed by atoms with van der Waals surface area (Å²) in [5, 5.41) is 17.4. The van der Waals surface area contributed by atoms with Crippen LogP contribution in [0, 0.1) is 0 Å². The molecule has 1 aliphatic rings. The van der Waals surface area contributed by atoms with Crippen LogP contribution in [-0.2, 0) is 19.4 Å². The summed E-state index contributed by atoms with van der Waals surface area (Å²) in [6.45, 7) is 3.69. The first-order valence-electron chi connectivity index (χ1n) is 8.05. The van der Waals surface area contributed by atoms with E-state index in [1.807, 2.05) is 6.92 Å². The van der Waals surface area contributed by atoms with Crippen LogP contribution in [0.2, 0.25) is 0 Å². The van der Waals surface area contributed by atoms with E-state index in [0.29, 0.717) is 24.4 Å². The minimum absolute atomic E-state index is 0.203. The van der Waals surface area contributed by atoms with E-state index < -0.39 is 0 Å². The first kappa shape index (κ1) is 15.2. The molecule has 1 aliphatic carbocycles. The Labute approximate surface area is 131 Å². The third-order valence-corrected chi connectivity index (χ3v) is 4.29. The van der Waals surface area contributed by atoms with Gasteiger partial charge in [-0.3, -0.25) is 4.90 Å². The van der Waals surface area contributed by atoms with Crippen LogP contribution in [0.4, 0.5) is 0 Å². The Morgan fingerprint density at radius 2 is 2.09 bits per heavy atom. The molecule has 5 heteroatoms. The first-order chi connectivity index (χ1) is 10.8. The summed E-state index contributed by atoms with van der Waals surface area (Å²) in [7, 11) is 0. The van der Waals surface area contributed by atoms with Gasteiger partial charge < -0.3 is 9.52 Å². The van der Waals surface area contributed by atoms with Gasteiger partial charge in [0.25, 0.3) is 0 Å². The molecule has 0 amide bonds.